The summed E-state index contributed by atoms with van der Waals surface area (Å²) in [7, 11) is 0. The minimum Gasteiger partial charge on any atom is -0.352 e. The largest absolute Gasteiger partial charge is 0.352 e. The van der Waals surface area contributed by atoms with Crippen molar-refractivity contribution in [1.82, 2.24) is 10.2 Å². The third-order valence-corrected chi connectivity index (χ3v) is 3.89. The van der Waals surface area contributed by atoms with Crippen molar-refractivity contribution in [3.05, 3.63) is 35.4 Å². The highest BCUT2D eigenvalue weighted by Gasteiger charge is 2.39. The van der Waals surface area contributed by atoms with Gasteiger partial charge in [-0.25, -0.2) is 0 Å². The number of amides is 2. The van der Waals surface area contributed by atoms with Gasteiger partial charge in [0.2, 0.25) is 11.8 Å². The Morgan fingerprint density at radius 2 is 1.90 bits per heavy atom. The summed E-state index contributed by atoms with van der Waals surface area (Å²) in [5, 5.41) is 2.94. The van der Waals surface area contributed by atoms with E-state index in [0.717, 1.165) is 5.56 Å². The summed E-state index contributed by atoms with van der Waals surface area (Å²) in [6.07, 6.45) is 0.316. The SMILES string of the molecule is Cc1ccc(CNC(=O)[C@H]2CC(=O)N(C(C)(C)C)C2)cc1. The maximum atomic E-state index is 12.2. The fraction of sp³-hybridized carbons (Fsp3) is 0.529. The Labute approximate surface area is 126 Å². The number of hydrogen-bond donors (Lipinski definition) is 1. The van der Waals surface area contributed by atoms with Crippen LogP contribution in [0.1, 0.15) is 38.3 Å². The van der Waals surface area contributed by atoms with Gasteiger partial charge in [0.1, 0.15) is 0 Å². The second kappa shape index (κ2) is 5.88. The van der Waals surface area contributed by atoms with E-state index in [0.29, 0.717) is 19.5 Å². The lowest BCUT2D eigenvalue weighted by Gasteiger charge is -2.31. The van der Waals surface area contributed by atoms with E-state index in [4.69, 9.17) is 0 Å². The predicted molar refractivity (Wildman–Crippen MR) is 82.6 cm³/mol. The summed E-state index contributed by atoms with van der Waals surface area (Å²) in [6, 6.07) is 8.08. The second-order valence-electron chi connectivity index (χ2n) is 6.78. The molecule has 114 valence electrons. The van der Waals surface area contributed by atoms with E-state index in [-0.39, 0.29) is 23.3 Å². The molecule has 1 aromatic rings. The van der Waals surface area contributed by atoms with E-state index in [1.165, 1.54) is 5.56 Å². The monoisotopic (exact) mass is 288 g/mol. The maximum absolute atomic E-state index is 12.2. The standard InChI is InChI=1S/C17H24N2O2/c1-12-5-7-13(8-6-12)10-18-16(21)14-9-15(20)19(11-14)17(2,3)4/h5-8,14H,9-11H2,1-4H3,(H,18,21)/t14-/m0/s1. The first kappa shape index (κ1) is 15.5. The molecule has 21 heavy (non-hydrogen) atoms. The molecule has 1 aliphatic heterocycles. The van der Waals surface area contributed by atoms with Crippen LogP contribution in [0, 0.1) is 12.8 Å². The lowest BCUT2D eigenvalue weighted by molar-refractivity contribution is -0.132. The van der Waals surface area contributed by atoms with Crippen LogP contribution in [0.4, 0.5) is 0 Å². The lowest BCUT2D eigenvalue weighted by Crippen LogP contribution is -2.43. The Kier molecular flexibility index (Phi) is 4.35. The van der Waals surface area contributed by atoms with Gasteiger partial charge in [0.25, 0.3) is 0 Å². The Morgan fingerprint density at radius 1 is 1.29 bits per heavy atom. The van der Waals surface area contributed by atoms with Crippen molar-refractivity contribution in [3.63, 3.8) is 0 Å². The number of nitrogens with one attached hydrogen (secondary N) is 1. The maximum Gasteiger partial charge on any atom is 0.225 e. The fourth-order valence-corrected chi connectivity index (χ4v) is 2.57. The first-order valence-electron chi connectivity index (χ1n) is 7.41. The average Bonchev–Trinajstić information content (AvgIpc) is 2.80. The van der Waals surface area contributed by atoms with Crippen LogP contribution in [0.3, 0.4) is 0 Å². The average molecular weight is 288 g/mol. The Bertz CT molecular complexity index is 529. The van der Waals surface area contributed by atoms with E-state index in [1.807, 2.05) is 52.0 Å². The van der Waals surface area contributed by atoms with Gasteiger partial charge in [-0.2, -0.15) is 0 Å². The molecule has 1 atom stereocenters. The highest BCUT2D eigenvalue weighted by atomic mass is 16.2. The Hall–Kier alpha value is -1.84. The van der Waals surface area contributed by atoms with Crippen LogP contribution in [0.25, 0.3) is 0 Å². The van der Waals surface area contributed by atoms with Gasteiger partial charge in [0.15, 0.2) is 0 Å². The zero-order chi connectivity index (χ0) is 15.6. The minimum absolute atomic E-state index is 0.0318. The van der Waals surface area contributed by atoms with Gasteiger partial charge >= 0.3 is 0 Å². The molecule has 1 saturated heterocycles. The minimum atomic E-state index is -0.234. The molecule has 1 N–H and O–H groups in total. The summed E-state index contributed by atoms with van der Waals surface area (Å²) in [6.45, 7) is 9.06. The van der Waals surface area contributed by atoms with Crippen LogP contribution in [-0.2, 0) is 16.1 Å². The molecule has 2 amide bonds. The summed E-state index contributed by atoms with van der Waals surface area (Å²) in [4.78, 5) is 26.0. The lowest BCUT2D eigenvalue weighted by atomic mass is 10.1. The molecule has 4 heteroatoms. The number of carbonyl (C=O) groups is 2. The van der Waals surface area contributed by atoms with Crippen molar-refractivity contribution < 1.29 is 9.59 Å². The van der Waals surface area contributed by atoms with Crippen LogP contribution >= 0.6 is 0 Å². The molecule has 1 aromatic carbocycles. The van der Waals surface area contributed by atoms with Gasteiger partial charge in [-0.05, 0) is 33.3 Å². The van der Waals surface area contributed by atoms with Crippen molar-refractivity contribution in [1.29, 1.82) is 0 Å². The quantitative estimate of drug-likeness (QED) is 0.927. The summed E-state index contributed by atoms with van der Waals surface area (Å²) < 4.78 is 0. The molecule has 0 aliphatic carbocycles. The van der Waals surface area contributed by atoms with Crippen molar-refractivity contribution in [2.45, 2.75) is 46.2 Å². The normalized spacial score (nSPS) is 19.0. The van der Waals surface area contributed by atoms with E-state index in [1.54, 1.807) is 4.90 Å². The zero-order valence-electron chi connectivity index (χ0n) is 13.3. The van der Waals surface area contributed by atoms with Gasteiger partial charge in [-0.3, -0.25) is 9.59 Å². The summed E-state index contributed by atoms with van der Waals surface area (Å²) in [5.74, 6) is -0.198. The first-order valence-corrected chi connectivity index (χ1v) is 7.41. The number of carbonyl (C=O) groups excluding carboxylic acids is 2. The Morgan fingerprint density at radius 3 is 2.43 bits per heavy atom. The van der Waals surface area contributed by atoms with Gasteiger partial charge in [0, 0.05) is 25.0 Å². The van der Waals surface area contributed by atoms with E-state index in [9.17, 15) is 9.59 Å². The third-order valence-electron chi connectivity index (χ3n) is 3.89. The predicted octanol–water partition coefficient (Wildman–Crippen LogP) is 2.26. The van der Waals surface area contributed by atoms with Crippen LogP contribution in [-0.4, -0.2) is 28.8 Å². The molecule has 0 bridgehead atoms. The summed E-state index contributed by atoms with van der Waals surface area (Å²) >= 11 is 0. The van der Waals surface area contributed by atoms with E-state index in [2.05, 4.69) is 5.32 Å². The van der Waals surface area contributed by atoms with Gasteiger partial charge in [0.05, 0.1) is 5.92 Å². The highest BCUT2D eigenvalue weighted by Crippen LogP contribution is 2.25. The van der Waals surface area contributed by atoms with Crippen molar-refractivity contribution in [2.75, 3.05) is 6.54 Å². The van der Waals surface area contributed by atoms with Gasteiger partial charge < -0.3 is 10.2 Å². The molecule has 2 rings (SSSR count). The fourth-order valence-electron chi connectivity index (χ4n) is 2.57. The number of rotatable bonds is 3. The second-order valence-corrected chi connectivity index (χ2v) is 6.78. The highest BCUT2D eigenvalue weighted by molar-refractivity contribution is 5.89. The van der Waals surface area contributed by atoms with Crippen LogP contribution in [0.15, 0.2) is 24.3 Å². The smallest absolute Gasteiger partial charge is 0.225 e. The molecule has 0 saturated carbocycles. The molecule has 1 aliphatic rings. The van der Waals surface area contributed by atoms with Crippen molar-refractivity contribution in [3.8, 4) is 0 Å². The van der Waals surface area contributed by atoms with Crippen molar-refractivity contribution >= 4 is 11.8 Å². The number of aryl methyl sites for hydroxylation is 1. The number of nitrogens with zero attached hydrogens (tertiary/aromatic N) is 1. The molecule has 1 fully saturated rings. The number of benzene rings is 1. The topological polar surface area (TPSA) is 49.4 Å². The van der Waals surface area contributed by atoms with Gasteiger partial charge in [-0.1, -0.05) is 29.8 Å². The third kappa shape index (κ3) is 3.84. The molecule has 4 nitrogen and oxygen atoms in total. The molecule has 0 spiro atoms. The van der Waals surface area contributed by atoms with Crippen LogP contribution in [0.2, 0.25) is 0 Å². The van der Waals surface area contributed by atoms with Gasteiger partial charge in [-0.15, -0.1) is 0 Å². The van der Waals surface area contributed by atoms with Crippen LogP contribution in [0.5, 0.6) is 0 Å². The zero-order valence-corrected chi connectivity index (χ0v) is 13.3. The molecule has 0 aromatic heterocycles. The first-order chi connectivity index (χ1) is 9.77. The van der Waals surface area contributed by atoms with Crippen LogP contribution < -0.4 is 5.32 Å². The number of hydrogen-bond acceptors (Lipinski definition) is 2. The summed E-state index contributed by atoms with van der Waals surface area (Å²) in [5.41, 5.74) is 2.06. The molecular weight excluding hydrogens is 264 g/mol. The van der Waals surface area contributed by atoms with E-state index >= 15 is 0 Å². The molecule has 0 unspecified atom stereocenters. The molecule has 0 radical (unpaired) electrons. The number of likely N-dealkylation sites (tertiary alicyclic amines) is 1. The molecular formula is C17H24N2O2. The van der Waals surface area contributed by atoms with Crippen molar-refractivity contribution in [2.24, 2.45) is 5.92 Å². The van der Waals surface area contributed by atoms with E-state index < -0.39 is 0 Å². The molecule has 1 heterocycles. The Balaban J connectivity index is 1.90.